The van der Waals surface area contributed by atoms with Gasteiger partial charge in [0.1, 0.15) is 11.3 Å². The second-order valence-electron chi connectivity index (χ2n) is 12.8. The Morgan fingerprint density at radius 1 is 1.12 bits per heavy atom. The van der Waals surface area contributed by atoms with Gasteiger partial charge in [-0.3, -0.25) is 14.3 Å². The van der Waals surface area contributed by atoms with E-state index in [2.05, 4.69) is 16.5 Å². The summed E-state index contributed by atoms with van der Waals surface area (Å²) in [5.74, 6) is -0.0375. The van der Waals surface area contributed by atoms with Crippen LogP contribution in [0, 0.1) is 5.41 Å². The second kappa shape index (κ2) is 11.3. The first-order valence-electron chi connectivity index (χ1n) is 14.9. The first kappa shape index (κ1) is 33.2. The van der Waals surface area contributed by atoms with Crippen molar-refractivity contribution >= 4 is 72.4 Å². The van der Waals surface area contributed by atoms with Gasteiger partial charge in [0.05, 0.1) is 27.2 Å². The van der Waals surface area contributed by atoms with E-state index >= 15 is 13.2 Å². The van der Waals surface area contributed by atoms with Gasteiger partial charge in [-0.25, -0.2) is 9.78 Å². The number of benzene rings is 1. The van der Waals surface area contributed by atoms with Gasteiger partial charge in [-0.05, 0) is 26.0 Å². The lowest BCUT2D eigenvalue weighted by molar-refractivity contribution is -0.168. The highest BCUT2D eigenvalue weighted by molar-refractivity contribution is 7.99. The van der Waals surface area contributed by atoms with Gasteiger partial charge in [0.15, 0.2) is 5.13 Å². The Hall–Kier alpha value is -3.35. The van der Waals surface area contributed by atoms with Crippen molar-refractivity contribution in [3.05, 3.63) is 40.1 Å². The molecule has 0 radical (unpaired) electrons. The molecule has 2 N–H and O–H groups in total. The summed E-state index contributed by atoms with van der Waals surface area (Å²) in [5, 5.41) is 1.99. The minimum atomic E-state index is -4.84. The molecule has 0 bridgehead atoms. The Morgan fingerprint density at radius 2 is 1.81 bits per heavy atom. The number of carbonyl (C=O) groups is 1. The van der Waals surface area contributed by atoms with Crippen LogP contribution in [0.2, 0.25) is 0 Å². The molecule has 4 aromatic rings. The fourth-order valence-corrected chi connectivity index (χ4v) is 10.9. The SMILES string of the molecule is C=CC(=O)N1[C@H](C)CN(c2nc(=O)n3c4c(c(-c5scc6sc(N)nc56)c(C(F)(F)F)cc24)SCC2(CN(CC(F)(F)F)C2)C3)C[C@@H]1C. The number of nitrogens with zero attached hydrogens (tertiary/aromatic N) is 6. The number of fused-ring (bicyclic) bond motifs is 1. The van der Waals surface area contributed by atoms with Gasteiger partial charge in [0, 0.05) is 77.2 Å². The molecule has 3 aliphatic heterocycles. The molecule has 2 atom stereocenters. The van der Waals surface area contributed by atoms with Crippen LogP contribution in [0.3, 0.4) is 0 Å². The molecule has 0 unspecified atom stereocenters. The van der Waals surface area contributed by atoms with Crippen molar-refractivity contribution in [3.63, 3.8) is 0 Å². The first-order valence-corrected chi connectivity index (χ1v) is 17.6. The topological polar surface area (TPSA) is 101 Å². The number of alkyl halides is 6. The number of nitrogen functional groups attached to an aromatic ring is 1. The molecule has 3 aromatic heterocycles. The summed E-state index contributed by atoms with van der Waals surface area (Å²) in [6, 6.07) is 0.271. The number of thiazole rings is 1. The van der Waals surface area contributed by atoms with Crippen LogP contribution in [-0.4, -0.2) is 87.0 Å². The maximum absolute atomic E-state index is 15.2. The minimum absolute atomic E-state index is 0.00725. The third-order valence-electron chi connectivity index (χ3n) is 9.08. The maximum atomic E-state index is 15.2. The molecule has 0 aliphatic carbocycles. The quantitative estimate of drug-likeness (QED) is 0.204. The molecular formula is C30H29F6N7O2S3. The van der Waals surface area contributed by atoms with Crippen molar-refractivity contribution in [2.75, 3.05) is 49.1 Å². The van der Waals surface area contributed by atoms with E-state index in [1.54, 1.807) is 29.0 Å². The highest BCUT2D eigenvalue weighted by Gasteiger charge is 2.49. The van der Waals surface area contributed by atoms with Gasteiger partial charge in [0.2, 0.25) is 5.91 Å². The molecule has 3 aliphatic rings. The third kappa shape index (κ3) is 5.53. The second-order valence-corrected chi connectivity index (χ2v) is 15.7. The number of aromatic nitrogens is 3. The molecule has 1 spiro atoms. The lowest BCUT2D eigenvalue weighted by Crippen LogP contribution is -2.61. The number of anilines is 2. The smallest absolute Gasteiger partial charge is 0.375 e. The third-order valence-corrected chi connectivity index (χ3v) is 12.5. The molecule has 2 fully saturated rings. The molecule has 9 nitrogen and oxygen atoms in total. The summed E-state index contributed by atoms with van der Waals surface area (Å²) < 4.78 is 87.2. The summed E-state index contributed by atoms with van der Waals surface area (Å²) in [5.41, 5.74) is 3.91. The van der Waals surface area contributed by atoms with Gasteiger partial charge < -0.3 is 15.5 Å². The van der Waals surface area contributed by atoms with E-state index in [0.29, 0.717) is 10.2 Å². The number of piperazine rings is 1. The number of hydrogen-bond acceptors (Lipinski definition) is 10. The van der Waals surface area contributed by atoms with Crippen molar-refractivity contribution in [2.24, 2.45) is 5.41 Å². The van der Waals surface area contributed by atoms with Crippen molar-refractivity contribution in [1.29, 1.82) is 0 Å². The lowest BCUT2D eigenvalue weighted by Gasteiger charge is -2.50. The number of halogens is 6. The van der Waals surface area contributed by atoms with Gasteiger partial charge in [-0.15, -0.1) is 23.1 Å². The minimum Gasteiger partial charge on any atom is -0.375 e. The highest BCUT2D eigenvalue weighted by Crippen LogP contribution is 2.54. The van der Waals surface area contributed by atoms with Gasteiger partial charge >= 0.3 is 18.0 Å². The monoisotopic (exact) mass is 729 g/mol. The molecule has 0 saturated carbocycles. The van der Waals surface area contributed by atoms with Crippen LogP contribution < -0.4 is 16.3 Å². The number of thiophene rings is 1. The number of thioether (sulfide) groups is 1. The molecule has 48 heavy (non-hydrogen) atoms. The highest BCUT2D eigenvalue weighted by atomic mass is 32.2. The zero-order valence-corrected chi connectivity index (χ0v) is 28.1. The average Bonchev–Trinajstić information content (AvgIpc) is 3.46. The van der Waals surface area contributed by atoms with Gasteiger partial charge in [-0.2, -0.15) is 31.3 Å². The van der Waals surface area contributed by atoms with Crippen LogP contribution in [0.25, 0.3) is 31.6 Å². The zero-order chi connectivity index (χ0) is 34.5. The summed E-state index contributed by atoms with van der Waals surface area (Å²) in [6.45, 7) is 6.47. The van der Waals surface area contributed by atoms with E-state index in [0.717, 1.165) is 40.5 Å². The summed E-state index contributed by atoms with van der Waals surface area (Å²) in [6.07, 6.45) is -8.05. The number of rotatable bonds is 4. The lowest BCUT2D eigenvalue weighted by atomic mass is 9.81. The first-order chi connectivity index (χ1) is 22.5. The number of likely N-dealkylation sites (tertiary alicyclic amines) is 1. The fourth-order valence-electron chi connectivity index (χ4n) is 7.41. The molecular weight excluding hydrogens is 701 g/mol. The maximum Gasteiger partial charge on any atom is 0.417 e. The Labute approximate surface area is 282 Å². The number of amides is 1. The van der Waals surface area contributed by atoms with E-state index < -0.39 is 35.6 Å². The van der Waals surface area contributed by atoms with E-state index in [-0.39, 0.29) is 93.7 Å². The predicted octanol–water partition coefficient (Wildman–Crippen LogP) is 5.92. The molecule has 1 amide bonds. The zero-order valence-electron chi connectivity index (χ0n) is 25.6. The van der Waals surface area contributed by atoms with Gasteiger partial charge in [-0.1, -0.05) is 17.9 Å². The summed E-state index contributed by atoms with van der Waals surface area (Å²) >= 11 is 3.36. The Bertz CT molecular complexity index is 2020. The van der Waals surface area contributed by atoms with E-state index in [1.807, 2.05) is 0 Å². The molecule has 256 valence electrons. The Morgan fingerprint density at radius 3 is 2.44 bits per heavy atom. The standard InChI is InChI=1S/C30H29F6N7O2S3/c1-4-19(44)43-14(2)6-41(7-15(43)3)25-16-5-17(30(34,35)36)20(23-21-18(8-46-23)48-26(37)38-21)24-22(16)42(27(45)39-25)11-28(13-47-24)9-40(10-28)12-29(31,32)33/h4-5,8,14-15H,1,6-7,9-13H2,2-3H3,(H2,37,38)/t14-,15+. The predicted molar refractivity (Wildman–Crippen MR) is 176 cm³/mol. The molecule has 6 heterocycles. The van der Waals surface area contributed by atoms with Crippen LogP contribution in [0.4, 0.5) is 37.3 Å². The largest absolute Gasteiger partial charge is 0.417 e. The van der Waals surface area contributed by atoms with Gasteiger partial charge in [0.25, 0.3) is 0 Å². The molecule has 18 heteroatoms. The van der Waals surface area contributed by atoms with Crippen LogP contribution in [0.1, 0.15) is 19.4 Å². The van der Waals surface area contributed by atoms with E-state index in [9.17, 15) is 22.8 Å². The number of hydrogen-bond donors (Lipinski definition) is 1. The van der Waals surface area contributed by atoms with Crippen LogP contribution in [0.5, 0.6) is 0 Å². The Kier molecular flexibility index (Phi) is 7.84. The van der Waals surface area contributed by atoms with E-state index in [4.69, 9.17) is 5.73 Å². The van der Waals surface area contributed by atoms with Crippen molar-refractivity contribution in [2.45, 2.75) is 49.7 Å². The normalized spacial score (nSPS) is 21.6. The Balaban J connectivity index is 1.46. The molecule has 1 aromatic carbocycles. The summed E-state index contributed by atoms with van der Waals surface area (Å²) in [7, 11) is 0. The van der Waals surface area contributed by atoms with Crippen molar-refractivity contribution in [3.8, 4) is 10.4 Å². The van der Waals surface area contributed by atoms with Crippen LogP contribution in [-0.2, 0) is 17.5 Å². The fraction of sp³-hybridized carbons (Fsp3) is 0.467. The molecule has 2 saturated heterocycles. The summed E-state index contributed by atoms with van der Waals surface area (Å²) in [4.78, 5) is 40.3. The number of nitrogens with two attached hydrogens (primary N) is 1. The van der Waals surface area contributed by atoms with Crippen molar-refractivity contribution in [1.82, 2.24) is 24.3 Å². The number of carbonyl (C=O) groups excluding carboxylic acids is 1. The van der Waals surface area contributed by atoms with Crippen LogP contribution in [0.15, 0.2) is 33.8 Å². The van der Waals surface area contributed by atoms with Crippen LogP contribution >= 0.6 is 34.4 Å². The van der Waals surface area contributed by atoms with Crippen molar-refractivity contribution < 1.29 is 31.1 Å². The van der Waals surface area contributed by atoms with E-state index in [1.165, 1.54) is 15.5 Å². The average molecular weight is 730 g/mol. The molecule has 7 rings (SSSR count).